The second kappa shape index (κ2) is 2.91. The molecule has 1 heteroatoms. The molecule has 0 aromatic carbocycles. The maximum atomic E-state index is 9.96. The standard InChI is InChI=1S/C9H18O/c1-3-6-9(10)7-4-5-8(9)2/h8,10H,3-7H2,1-2H3/t8-,9-/m0/s1. The van der Waals surface area contributed by atoms with Crippen molar-refractivity contribution in [3.8, 4) is 0 Å². The Morgan fingerprint density at radius 3 is 2.70 bits per heavy atom. The molecule has 0 aromatic heterocycles. The van der Waals surface area contributed by atoms with Crippen molar-refractivity contribution in [2.45, 2.75) is 51.6 Å². The highest BCUT2D eigenvalue weighted by Crippen LogP contribution is 2.38. The van der Waals surface area contributed by atoms with Gasteiger partial charge in [0.1, 0.15) is 0 Å². The Hall–Kier alpha value is -0.0400. The number of aliphatic hydroxyl groups is 1. The maximum Gasteiger partial charge on any atom is 0.0673 e. The van der Waals surface area contributed by atoms with Crippen LogP contribution >= 0.6 is 0 Å². The minimum atomic E-state index is -0.297. The summed E-state index contributed by atoms with van der Waals surface area (Å²) in [4.78, 5) is 0. The van der Waals surface area contributed by atoms with Crippen molar-refractivity contribution in [2.24, 2.45) is 5.92 Å². The molecular formula is C9H18O. The molecule has 0 aliphatic heterocycles. The summed E-state index contributed by atoms with van der Waals surface area (Å²) >= 11 is 0. The first kappa shape index (κ1) is 8.06. The molecule has 0 bridgehead atoms. The molecule has 10 heavy (non-hydrogen) atoms. The molecule has 1 nitrogen and oxygen atoms in total. The third kappa shape index (κ3) is 1.34. The zero-order valence-electron chi connectivity index (χ0n) is 7.06. The second-order valence-corrected chi connectivity index (χ2v) is 3.65. The average molecular weight is 142 g/mol. The summed E-state index contributed by atoms with van der Waals surface area (Å²) < 4.78 is 0. The van der Waals surface area contributed by atoms with Gasteiger partial charge in [-0.05, 0) is 25.2 Å². The summed E-state index contributed by atoms with van der Waals surface area (Å²) in [5.41, 5.74) is -0.297. The fraction of sp³-hybridized carbons (Fsp3) is 1.00. The van der Waals surface area contributed by atoms with Gasteiger partial charge >= 0.3 is 0 Å². The van der Waals surface area contributed by atoms with Crippen LogP contribution in [-0.4, -0.2) is 10.7 Å². The van der Waals surface area contributed by atoms with E-state index >= 15 is 0 Å². The molecule has 0 unspecified atom stereocenters. The first-order chi connectivity index (χ1) is 4.69. The number of rotatable bonds is 2. The molecule has 1 fully saturated rings. The molecule has 0 radical (unpaired) electrons. The lowest BCUT2D eigenvalue weighted by molar-refractivity contribution is 0.000419. The maximum absolute atomic E-state index is 9.96. The number of hydrogen-bond donors (Lipinski definition) is 1. The van der Waals surface area contributed by atoms with Crippen LogP contribution in [0.3, 0.4) is 0 Å². The predicted octanol–water partition coefficient (Wildman–Crippen LogP) is 2.34. The van der Waals surface area contributed by atoms with E-state index in [1.54, 1.807) is 0 Å². The summed E-state index contributed by atoms with van der Waals surface area (Å²) in [6.07, 6.45) is 5.57. The second-order valence-electron chi connectivity index (χ2n) is 3.65. The van der Waals surface area contributed by atoms with Crippen LogP contribution in [0.1, 0.15) is 46.0 Å². The van der Waals surface area contributed by atoms with Crippen LogP contribution in [-0.2, 0) is 0 Å². The molecule has 0 spiro atoms. The van der Waals surface area contributed by atoms with E-state index in [1.165, 1.54) is 12.8 Å². The van der Waals surface area contributed by atoms with E-state index in [-0.39, 0.29) is 5.60 Å². The van der Waals surface area contributed by atoms with Gasteiger partial charge in [0.25, 0.3) is 0 Å². The van der Waals surface area contributed by atoms with Crippen molar-refractivity contribution in [2.75, 3.05) is 0 Å². The molecular weight excluding hydrogens is 124 g/mol. The molecule has 1 saturated carbocycles. The minimum Gasteiger partial charge on any atom is -0.390 e. The van der Waals surface area contributed by atoms with Gasteiger partial charge in [-0.1, -0.05) is 26.7 Å². The quantitative estimate of drug-likeness (QED) is 0.627. The third-order valence-corrected chi connectivity index (χ3v) is 2.85. The molecule has 2 atom stereocenters. The van der Waals surface area contributed by atoms with Gasteiger partial charge in [0.15, 0.2) is 0 Å². The zero-order chi connectivity index (χ0) is 7.61. The highest BCUT2D eigenvalue weighted by Gasteiger charge is 2.36. The molecule has 1 aliphatic carbocycles. The van der Waals surface area contributed by atoms with Crippen LogP contribution in [0.15, 0.2) is 0 Å². The van der Waals surface area contributed by atoms with E-state index in [0.29, 0.717) is 5.92 Å². The Morgan fingerprint density at radius 2 is 2.30 bits per heavy atom. The van der Waals surface area contributed by atoms with E-state index in [0.717, 1.165) is 19.3 Å². The van der Waals surface area contributed by atoms with Crippen molar-refractivity contribution < 1.29 is 5.11 Å². The molecule has 0 heterocycles. The van der Waals surface area contributed by atoms with Crippen LogP contribution < -0.4 is 0 Å². The van der Waals surface area contributed by atoms with E-state index in [1.807, 2.05) is 0 Å². The lowest BCUT2D eigenvalue weighted by Crippen LogP contribution is -2.30. The van der Waals surface area contributed by atoms with Crippen LogP contribution in [0.2, 0.25) is 0 Å². The van der Waals surface area contributed by atoms with Crippen LogP contribution in [0.25, 0.3) is 0 Å². The Bertz CT molecular complexity index is 111. The molecule has 0 aromatic rings. The number of hydrogen-bond acceptors (Lipinski definition) is 1. The van der Waals surface area contributed by atoms with Gasteiger partial charge in [-0.25, -0.2) is 0 Å². The Morgan fingerprint density at radius 1 is 1.60 bits per heavy atom. The predicted molar refractivity (Wildman–Crippen MR) is 42.9 cm³/mol. The summed E-state index contributed by atoms with van der Waals surface area (Å²) in [5.74, 6) is 0.535. The summed E-state index contributed by atoms with van der Waals surface area (Å²) in [5, 5.41) is 9.96. The largest absolute Gasteiger partial charge is 0.390 e. The lowest BCUT2D eigenvalue weighted by Gasteiger charge is -2.26. The van der Waals surface area contributed by atoms with E-state index < -0.39 is 0 Å². The van der Waals surface area contributed by atoms with Gasteiger partial charge in [0.2, 0.25) is 0 Å². The normalized spacial score (nSPS) is 40.5. The molecule has 0 saturated heterocycles. The Balaban J connectivity index is 2.48. The van der Waals surface area contributed by atoms with Crippen molar-refractivity contribution in [3.63, 3.8) is 0 Å². The molecule has 1 N–H and O–H groups in total. The third-order valence-electron chi connectivity index (χ3n) is 2.85. The summed E-state index contributed by atoms with van der Waals surface area (Å²) in [6.45, 7) is 4.31. The van der Waals surface area contributed by atoms with Gasteiger partial charge < -0.3 is 5.11 Å². The highest BCUT2D eigenvalue weighted by molar-refractivity contribution is 4.89. The van der Waals surface area contributed by atoms with E-state index in [9.17, 15) is 5.11 Å². The average Bonchev–Trinajstić information content (AvgIpc) is 2.15. The lowest BCUT2D eigenvalue weighted by atomic mass is 9.88. The van der Waals surface area contributed by atoms with Crippen LogP contribution in [0.5, 0.6) is 0 Å². The Labute approximate surface area is 63.4 Å². The first-order valence-corrected chi connectivity index (χ1v) is 4.41. The monoisotopic (exact) mass is 142 g/mol. The molecule has 1 aliphatic rings. The first-order valence-electron chi connectivity index (χ1n) is 4.41. The van der Waals surface area contributed by atoms with Crippen molar-refractivity contribution in [1.82, 2.24) is 0 Å². The highest BCUT2D eigenvalue weighted by atomic mass is 16.3. The van der Waals surface area contributed by atoms with Gasteiger partial charge in [0, 0.05) is 0 Å². The Kier molecular flexibility index (Phi) is 2.35. The van der Waals surface area contributed by atoms with Gasteiger partial charge in [-0.3, -0.25) is 0 Å². The van der Waals surface area contributed by atoms with Gasteiger partial charge in [0.05, 0.1) is 5.60 Å². The SMILES string of the molecule is CCC[C@]1(O)CCC[C@@H]1C. The molecule has 1 rings (SSSR count). The summed E-state index contributed by atoms with van der Waals surface area (Å²) in [7, 11) is 0. The van der Waals surface area contributed by atoms with Crippen LogP contribution in [0, 0.1) is 5.92 Å². The van der Waals surface area contributed by atoms with Gasteiger partial charge in [-0.2, -0.15) is 0 Å². The fourth-order valence-corrected chi connectivity index (χ4v) is 2.03. The zero-order valence-corrected chi connectivity index (χ0v) is 7.06. The molecule has 0 amide bonds. The summed E-state index contributed by atoms with van der Waals surface area (Å²) in [6, 6.07) is 0. The van der Waals surface area contributed by atoms with Crippen molar-refractivity contribution in [3.05, 3.63) is 0 Å². The van der Waals surface area contributed by atoms with E-state index in [2.05, 4.69) is 13.8 Å². The van der Waals surface area contributed by atoms with Gasteiger partial charge in [-0.15, -0.1) is 0 Å². The minimum absolute atomic E-state index is 0.297. The van der Waals surface area contributed by atoms with Crippen molar-refractivity contribution >= 4 is 0 Å². The van der Waals surface area contributed by atoms with Crippen LogP contribution in [0.4, 0.5) is 0 Å². The van der Waals surface area contributed by atoms with E-state index in [4.69, 9.17) is 0 Å². The van der Waals surface area contributed by atoms with Crippen molar-refractivity contribution in [1.29, 1.82) is 0 Å². The smallest absolute Gasteiger partial charge is 0.0673 e. The molecule has 60 valence electrons. The fourth-order valence-electron chi connectivity index (χ4n) is 2.03. The topological polar surface area (TPSA) is 20.2 Å².